The number of unbranched alkanes of at least 4 members (excludes halogenated alkanes) is 7. The van der Waals surface area contributed by atoms with Crippen LogP contribution in [0.4, 0.5) is 5.69 Å². The number of carboxylic acid groups (broad SMARTS) is 1. The van der Waals surface area contributed by atoms with E-state index in [1.54, 1.807) is 6.20 Å². The lowest BCUT2D eigenvalue weighted by Crippen LogP contribution is -2.28. The molecule has 6 nitrogen and oxygen atoms in total. The van der Waals surface area contributed by atoms with E-state index in [1.807, 2.05) is 29.6 Å². The SMILES string of the molecule is CCCCCCCCCCOc1ccc2c(c1)C(CCn1ccnc1)CN2CC(=O)O. The molecule has 170 valence electrons. The number of aliphatic carboxylic acids is 1. The van der Waals surface area contributed by atoms with Crippen LogP contribution in [0.3, 0.4) is 0 Å². The van der Waals surface area contributed by atoms with E-state index < -0.39 is 5.97 Å². The van der Waals surface area contributed by atoms with Crippen molar-refractivity contribution in [3.8, 4) is 5.75 Å². The van der Waals surface area contributed by atoms with Crippen molar-refractivity contribution in [3.63, 3.8) is 0 Å². The van der Waals surface area contributed by atoms with Crippen molar-refractivity contribution < 1.29 is 14.6 Å². The number of hydrogen-bond acceptors (Lipinski definition) is 4. The highest BCUT2D eigenvalue weighted by molar-refractivity contribution is 5.76. The summed E-state index contributed by atoms with van der Waals surface area (Å²) in [4.78, 5) is 17.4. The maximum atomic E-state index is 11.3. The van der Waals surface area contributed by atoms with Crippen molar-refractivity contribution in [1.82, 2.24) is 9.55 Å². The van der Waals surface area contributed by atoms with Gasteiger partial charge >= 0.3 is 5.97 Å². The molecule has 2 heterocycles. The van der Waals surface area contributed by atoms with Gasteiger partial charge in [-0.25, -0.2) is 4.98 Å². The molecular formula is C25H37N3O3. The Balaban J connectivity index is 1.50. The van der Waals surface area contributed by atoms with Gasteiger partial charge in [0.2, 0.25) is 0 Å². The topological polar surface area (TPSA) is 67.6 Å². The molecule has 0 spiro atoms. The number of anilines is 1. The number of hydrogen-bond donors (Lipinski definition) is 1. The maximum Gasteiger partial charge on any atom is 0.323 e. The highest BCUT2D eigenvalue weighted by atomic mass is 16.5. The normalized spacial score (nSPS) is 15.3. The van der Waals surface area contributed by atoms with Gasteiger partial charge in [0.25, 0.3) is 0 Å². The van der Waals surface area contributed by atoms with Crippen LogP contribution in [0.2, 0.25) is 0 Å². The van der Waals surface area contributed by atoms with Gasteiger partial charge in [0, 0.05) is 37.1 Å². The third-order valence-electron chi connectivity index (χ3n) is 6.11. The van der Waals surface area contributed by atoms with Crippen LogP contribution in [-0.4, -0.2) is 40.3 Å². The summed E-state index contributed by atoms with van der Waals surface area (Å²) in [5, 5.41) is 9.29. The fourth-order valence-electron chi connectivity index (χ4n) is 4.41. The van der Waals surface area contributed by atoms with Crippen LogP contribution < -0.4 is 9.64 Å². The van der Waals surface area contributed by atoms with E-state index in [1.165, 1.54) is 50.5 Å². The molecule has 0 saturated carbocycles. The third kappa shape index (κ3) is 7.30. The predicted molar refractivity (Wildman–Crippen MR) is 124 cm³/mol. The lowest BCUT2D eigenvalue weighted by Gasteiger charge is -2.17. The number of imidazole rings is 1. The summed E-state index contributed by atoms with van der Waals surface area (Å²) in [6.07, 6.45) is 16.8. The number of aryl methyl sites for hydroxylation is 1. The van der Waals surface area contributed by atoms with E-state index in [2.05, 4.69) is 22.5 Å². The van der Waals surface area contributed by atoms with Crippen molar-refractivity contribution in [2.45, 2.75) is 77.2 Å². The van der Waals surface area contributed by atoms with E-state index in [0.717, 1.165) is 44.0 Å². The summed E-state index contributed by atoms with van der Waals surface area (Å²) in [5.41, 5.74) is 2.23. The van der Waals surface area contributed by atoms with E-state index in [9.17, 15) is 9.90 Å². The molecule has 1 aliphatic heterocycles. The minimum atomic E-state index is -0.795. The van der Waals surface area contributed by atoms with E-state index in [4.69, 9.17) is 4.74 Å². The molecule has 3 rings (SSSR count). The van der Waals surface area contributed by atoms with Crippen LogP contribution in [-0.2, 0) is 11.3 Å². The number of rotatable bonds is 15. The minimum absolute atomic E-state index is 0.0348. The molecule has 0 amide bonds. The summed E-state index contributed by atoms with van der Waals surface area (Å²) in [6, 6.07) is 6.13. The van der Waals surface area contributed by atoms with Gasteiger partial charge in [0.05, 0.1) is 12.9 Å². The standard InChI is InChI=1S/C25H37N3O3/c1-2-3-4-5-6-7-8-9-16-31-22-10-11-24-23(17-22)21(18-28(24)19-25(29)30)12-14-27-15-13-26-20-27/h10-11,13,15,17,20-21H,2-9,12,14,16,18-19H2,1H3,(H,29,30). The Bertz CT molecular complexity index is 791. The van der Waals surface area contributed by atoms with Crippen LogP contribution in [0.15, 0.2) is 36.9 Å². The van der Waals surface area contributed by atoms with Gasteiger partial charge in [0.15, 0.2) is 0 Å². The van der Waals surface area contributed by atoms with Crippen molar-refractivity contribution >= 4 is 11.7 Å². The molecule has 0 aliphatic carbocycles. The van der Waals surface area contributed by atoms with Crippen molar-refractivity contribution in [3.05, 3.63) is 42.5 Å². The van der Waals surface area contributed by atoms with Gasteiger partial charge in [-0.2, -0.15) is 0 Å². The van der Waals surface area contributed by atoms with E-state index >= 15 is 0 Å². The van der Waals surface area contributed by atoms with Crippen LogP contribution in [0.25, 0.3) is 0 Å². The average molecular weight is 428 g/mol. The molecule has 0 radical (unpaired) electrons. The molecule has 0 fully saturated rings. The summed E-state index contributed by atoms with van der Waals surface area (Å²) >= 11 is 0. The summed E-state index contributed by atoms with van der Waals surface area (Å²) in [6.45, 7) is 4.63. The van der Waals surface area contributed by atoms with Crippen molar-refractivity contribution in [1.29, 1.82) is 0 Å². The quantitative estimate of drug-likeness (QED) is 0.381. The van der Waals surface area contributed by atoms with Gasteiger partial charge in [-0.3, -0.25) is 4.79 Å². The first-order chi connectivity index (χ1) is 15.2. The number of nitrogens with zero attached hydrogens (tertiary/aromatic N) is 3. The largest absolute Gasteiger partial charge is 0.494 e. The van der Waals surface area contributed by atoms with Gasteiger partial charge in [0.1, 0.15) is 12.3 Å². The third-order valence-corrected chi connectivity index (χ3v) is 6.11. The molecule has 1 aromatic heterocycles. The maximum absolute atomic E-state index is 11.3. The van der Waals surface area contributed by atoms with Gasteiger partial charge in [-0.05, 0) is 36.6 Å². The van der Waals surface area contributed by atoms with Crippen LogP contribution in [0.1, 0.15) is 76.2 Å². The number of fused-ring (bicyclic) bond motifs is 1. The summed E-state index contributed by atoms with van der Waals surface area (Å²) in [5.74, 6) is 0.395. The number of benzene rings is 1. The number of aromatic nitrogens is 2. The highest BCUT2D eigenvalue weighted by Crippen LogP contribution is 2.40. The Morgan fingerprint density at radius 3 is 2.65 bits per heavy atom. The Kier molecular flexibility index (Phi) is 9.25. The second-order valence-electron chi connectivity index (χ2n) is 8.60. The predicted octanol–water partition coefficient (Wildman–Crippen LogP) is 5.48. The van der Waals surface area contributed by atoms with Gasteiger partial charge in [-0.15, -0.1) is 0 Å². The van der Waals surface area contributed by atoms with Gasteiger partial charge < -0.3 is 19.3 Å². The monoisotopic (exact) mass is 427 g/mol. The molecule has 0 bridgehead atoms. The zero-order valence-electron chi connectivity index (χ0n) is 18.8. The first kappa shape index (κ1) is 23.2. The molecule has 6 heteroatoms. The lowest BCUT2D eigenvalue weighted by atomic mass is 9.97. The molecule has 31 heavy (non-hydrogen) atoms. The molecular weight excluding hydrogens is 390 g/mol. The Morgan fingerprint density at radius 1 is 1.16 bits per heavy atom. The first-order valence-corrected chi connectivity index (χ1v) is 11.9. The molecule has 1 atom stereocenters. The zero-order chi connectivity index (χ0) is 21.9. The smallest absolute Gasteiger partial charge is 0.323 e. The zero-order valence-corrected chi connectivity index (χ0v) is 18.8. The van der Waals surface area contributed by atoms with Crippen LogP contribution in [0, 0.1) is 0 Å². The number of carbonyl (C=O) groups is 1. The molecule has 1 aromatic carbocycles. The Hall–Kier alpha value is -2.50. The molecule has 1 aliphatic rings. The second-order valence-corrected chi connectivity index (χ2v) is 8.60. The number of carboxylic acids is 1. The highest BCUT2D eigenvalue weighted by Gasteiger charge is 2.30. The van der Waals surface area contributed by atoms with Crippen LogP contribution in [0.5, 0.6) is 5.75 Å². The fourth-order valence-corrected chi connectivity index (χ4v) is 4.41. The van der Waals surface area contributed by atoms with Gasteiger partial charge in [-0.1, -0.05) is 51.9 Å². The molecule has 1 unspecified atom stereocenters. The number of ether oxygens (including phenoxy) is 1. The van der Waals surface area contributed by atoms with Crippen LogP contribution >= 0.6 is 0 Å². The second kappa shape index (κ2) is 12.4. The first-order valence-electron chi connectivity index (χ1n) is 11.9. The average Bonchev–Trinajstić information content (AvgIpc) is 3.39. The van der Waals surface area contributed by atoms with E-state index in [-0.39, 0.29) is 6.54 Å². The lowest BCUT2D eigenvalue weighted by molar-refractivity contribution is -0.135. The summed E-state index contributed by atoms with van der Waals surface area (Å²) in [7, 11) is 0. The Labute approximate surface area is 186 Å². The van der Waals surface area contributed by atoms with E-state index in [0.29, 0.717) is 5.92 Å². The molecule has 1 N–H and O–H groups in total. The summed E-state index contributed by atoms with van der Waals surface area (Å²) < 4.78 is 8.11. The molecule has 0 saturated heterocycles. The molecule has 2 aromatic rings. The van der Waals surface area contributed by atoms with Crippen molar-refractivity contribution in [2.75, 3.05) is 24.6 Å². The minimum Gasteiger partial charge on any atom is -0.494 e. The Morgan fingerprint density at radius 2 is 1.94 bits per heavy atom. The van der Waals surface area contributed by atoms with Crippen molar-refractivity contribution in [2.24, 2.45) is 0 Å². The fraction of sp³-hybridized carbons (Fsp3) is 0.600.